The first-order valence-electron chi connectivity index (χ1n) is 24.3. The molecule has 2 aliphatic rings. The Balaban J connectivity index is 0.000000168. The predicted octanol–water partition coefficient (Wildman–Crippen LogP) is 7.77. The average Bonchev–Trinajstić information content (AvgIpc) is 4.15. The van der Waals surface area contributed by atoms with Gasteiger partial charge in [-0.3, -0.25) is 9.59 Å². The van der Waals surface area contributed by atoms with Crippen molar-refractivity contribution in [2.75, 3.05) is 104 Å². The fourth-order valence-corrected chi connectivity index (χ4v) is 9.65. The number of anilines is 2. The van der Waals surface area contributed by atoms with Crippen molar-refractivity contribution in [3.8, 4) is 45.5 Å². The summed E-state index contributed by atoms with van der Waals surface area (Å²) in [6.45, 7) is 7.37. The minimum Gasteiger partial charge on any atom is -0.493 e. The summed E-state index contributed by atoms with van der Waals surface area (Å²) in [6.07, 6.45) is 8.68. The van der Waals surface area contributed by atoms with E-state index in [1.165, 1.54) is 5.69 Å². The topological polar surface area (TPSA) is 163 Å². The summed E-state index contributed by atoms with van der Waals surface area (Å²) in [6, 6.07) is 27.9. The lowest BCUT2D eigenvalue weighted by atomic mass is 10.1. The molecule has 2 amide bonds. The summed E-state index contributed by atoms with van der Waals surface area (Å²) in [5, 5.41) is 7.09. The van der Waals surface area contributed by atoms with Gasteiger partial charge in [0.15, 0.2) is 36.2 Å². The molecule has 0 atom stereocenters. The summed E-state index contributed by atoms with van der Waals surface area (Å²) < 4.78 is 27.3. The Morgan fingerprint density at radius 1 is 0.597 bits per heavy atom. The van der Waals surface area contributed by atoms with Gasteiger partial charge < -0.3 is 63.0 Å². The van der Waals surface area contributed by atoms with Gasteiger partial charge in [0.25, 0.3) is 11.8 Å². The highest BCUT2D eigenvalue weighted by atomic mass is 16.5. The fourth-order valence-electron chi connectivity index (χ4n) is 9.65. The number of aromatic nitrogens is 6. The zero-order valence-electron chi connectivity index (χ0n) is 41.7. The summed E-state index contributed by atoms with van der Waals surface area (Å²) in [5.74, 6) is 2.02. The predicted molar refractivity (Wildman–Crippen MR) is 284 cm³/mol. The van der Waals surface area contributed by atoms with Crippen molar-refractivity contribution in [3.63, 3.8) is 0 Å². The van der Waals surface area contributed by atoms with Gasteiger partial charge >= 0.3 is 0 Å². The second-order valence-corrected chi connectivity index (χ2v) is 18.6. The molecule has 0 saturated carbocycles. The van der Waals surface area contributed by atoms with E-state index in [4.69, 9.17) is 18.9 Å². The Bertz CT molecular complexity index is 3320. The van der Waals surface area contributed by atoms with Crippen molar-refractivity contribution in [2.24, 2.45) is 14.1 Å². The Hall–Kier alpha value is -8.02. The van der Waals surface area contributed by atoms with E-state index in [1.807, 2.05) is 84.2 Å². The molecule has 0 radical (unpaired) electrons. The number of H-pyrrole nitrogens is 2. The number of carbonyl (C=O) groups is 2. The van der Waals surface area contributed by atoms with Gasteiger partial charge in [-0.2, -0.15) is 0 Å². The van der Waals surface area contributed by atoms with E-state index in [1.54, 1.807) is 26.6 Å². The van der Waals surface area contributed by atoms with Gasteiger partial charge in [0, 0.05) is 152 Å². The van der Waals surface area contributed by atoms with Gasteiger partial charge in [0.2, 0.25) is 0 Å². The molecule has 2 fully saturated rings. The normalized spacial score (nSPS) is 14.6. The largest absolute Gasteiger partial charge is 0.493 e. The molecule has 3 N–H and O–H groups in total. The number of hydrogen-bond acceptors (Lipinski definition) is 11. The first-order valence-corrected chi connectivity index (χ1v) is 24.3. The third kappa shape index (κ3) is 10.1. The molecular formula is C55H61N11O6. The smallest absolute Gasteiger partial charge is 0.262 e. The van der Waals surface area contributed by atoms with E-state index >= 15 is 0 Å². The minimum atomic E-state index is -0.234. The van der Waals surface area contributed by atoms with E-state index in [2.05, 4.69) is 95.3 Å². The highest BCUT2D eigenvalue weighted by molar-refractivity contribution is 6.01. The highest BCUT2D eigenvalue weighted by Gasteiger charge is 2.22. The van der Waals surface area contributed by atoms with Crippen LogP contribution in [0.2, 0.25) is 0 Å². The van der Waals surface area contributed by atoms with E-state index < -0.39 is 0 Å². The van der Waals surface area contributed by atoms with Crippen LogP contribution in [-0.2, 0) is 23.7 Å². The van der Waals surface area contributed by atoms with Crippen LogP contribution in [0.1, 0.15) is 6.42 Å². The summed E-state index contributed by atoms with van der Waals surface area (Å²) in [5.41, 5.74) is 9.63. The zero-order chi connectivity index (χ0) is 49.9. The number of pyridine rings is 2. The maximum atomic E-state index is 12.8. The lowest BCUT2D eigenvalue weighted by Gasteiger charge is -2.34. The van der Waals surface area contributed by atoms with Gasteiger partial charge in [-0.1, -0.05) is 0 Å². The number of carbonyl (C=O) groups excluding carboxylic acids is 2. The molecule has 0 unspecified atom stereocenters. The first-order chi connectivity index (χ1) is 35.0. The third-order valence-electron chi connectivity index (χ3n) is 13.7. The first kappa shape index (κ1) is 47.6. The molecule has 11 rings (SSSR count). The quantitative estimate of drug-likeness (QED) is 0.110. The summed E-state index contributed by atoms with van der Waals surface area (Å²) in [4.78, 5) is 49.9. The molecule has 6 aromatic heterocycles. The van der Waals surface area contributed by atoms with Gasteiger partial charge in [-0.15, -0.1) is 0 Å². The van der Waals surface area contributed by atoms with E-state index in [9.17, 15) is 9.59 Å². The van der Waals surface area contributed by atoms with Crippen molar-refractivity contribution in [1.29, 1.82) is 0 Å². The van der Waals surface area contributed by atoms with Crippen molar-refractivity contribution in [2.45, 2.75) is 6.42 Å². The zero-order valence-corrected chi connectivity index (χ0v) is 41.7. The number of rotatable bonds is 12. The van der Waals surface area contributed by atoms with Crippen LogP contribution in [0.4, 0.5) is 11.4 Å². The second kappa shape index (κ2) is 20.8. The molecule has 2 saturated heterocycles. The molecule has 0 spiro atoms. The lowest BCUT2D eigenvalue weighted by Crippen LogP contribution is -2.44. The molecule has 17 nitrogen and oxygen atoms in total. The Morgan fingerprint density at radius 2 is 1.12 bits per heavy atom. The van der Waals surface area contributed by atoms with E-state index in [0.717, 1.165) is 131 Å². The van der Waals surface area contributed by atoms with Crippen LogP contribution < -0.4 is 29.2 Å². The molecule has 372 valence electrons. The standard InChI is InChI=1S/C30H32N6O3.C25H29N5O3/c1-34-11-13-36(14-12-34)22-8-6-21(7-9-22)32-29(37)19-39-28-17-26-23(16-27(28)38-3)24(18-35(26)2)25-15-20-5-4-10-31-30(20)33-25;1-28-8-5-9-30(11-10-28)24(31)16-33-23-14-21-18(13-22(23)32-3)19(15-29(21)2)20-12-17-6-4-7-26-25(17)27-20/h4-10,15-18H,11-14,19H2,1-3H3,(H,31,33)(H,32,37);4,6-7,12-15H,5,8-11,16H2,1-3H3,(H,26,27). The molecule has 2 aliphatic heterocycles. The van der Waals surface area contributed by atoms with Crippen LogP contribution in [0.3, 0.4) is 0 Å². The van der Waals surface area contributed by atoms with E-state index in [-0.39, 0.29) is 25.0 Å². The number of nitrogens with zero attached hydrogens (tertiary/aromatic N) is 8. The Labute approximate surface area is 417 Å². The minimum absolute atomic E-state index is 0.00342. The number of benzene rings is 3. The van der Waals surface area contributed by atoms with Crippen molar-refractivity contribution in [3.05, 3.63) is 110 Å². The third-order valence-corrected chi connectivity index (χ3v) is 13.7. The Kier molecular flexibility index (Phi) is 13.7. The molecule has 72 heavy (non-hydrogen) atoms. The number of aromatic amines is 2. The second-order valence-electron chi connectivity index (χ2n) is 18.6. The van der Waals surface area contributed by atoms with Gasteiger partial charge in [0.05, 0.1) is 25.3 Å². The average molecular weight is 972 g/mol. The fraction of sp³-hybridized carbons (Fsp3) is 0.309. The maximum absolute atomic E-state index is 12.8. The molecule has 3 aromatic carbocycles. The van der Waals surface area contributed by atoms with Crippen molar-refractivity contribution < 1.29 is 28.5 Å². The van der Waals surface area contributed by atoms with Gasteiger partial charge in [-0.25, -0.2) is 9.97 Å². The van der Waals surface area contributed by atoms with Crippen LogP contribution in [0.25, 0.3) is 66.4 Å². The van der Waals surface area contributed by atoms with Crippen molar-refractivity contribution >= 4 is 67.1 Å². The van der Waals surface area contributed by atoms with Crippen molar-refractivity contribution in [1.82, 2.24) is 43.8 Å². The van der Waals surface area contributed by atoms with Gasteiger partial charge in [0.1, 0.15) is 11.3 Å². The number of ether oxygens (including phenoxy) is 4. The van der Waals surface area contributed by atoms with Crippen LogP contribution >= 0.6 is 0 Å². The number of aryl methyl sites for hydroxylation is 2. The lowest BCUT2D eigenvalue weighted by molar-refractivity contribution is -0.133. The number of nitrogens with one attached hydrogen (secondary N) is 3. The molecule has 17 heteroatoms. The van der Waals surface area contributed by atoms with Crippen LogP contribution in [-0.4, -0.2) is 149 Å². The number of hydrogen-bond donors (Lipinski definition) is 3. The molecular weight excluding hydrogens is 911 g/mol. The highest BCUT2D eigenvalue weighted by Crippen LogP contribution is 2.40. The van der Waals surface area contributed by atoms with Crippen LogP contribution in [0.5, 0.6) is 23.0 Å². The summed E-state index contributed by atoms with van der Waals surface area (Å²) in [7, 11) is 11.4. The monoisotopic (exact) mass is 971 g/mol. The number of fused-ring (bicyclic) bond motifs is 4. The Morgan fingerprint density at radius 3 is 1.67 bits per heavy atom. The van der Waals surface area contributed by atoms with E-state index in [0.29, 0.717) is 23.0 Å². The van der Waals surface area contributed by atoms with Crippen LogP contribution in [0, 0.1) is 0 Å². The van der Waals surface area contributed by atoms with Crippen LogP contribution in [0.15, 0.2) is 110 Å². The number of methoxy groups -OCH3 is 2. The molecule has 0 aliphatic carbocycles. The molecule has 9 aromatic rings. The summed E-state index contributed by atoms with van der Waals surface area (Å²) >= 11 is 0. The number of likely N-dealkylation sites (N-methyl/N-ethyl adjacent to an activating group) is 2. The van der Waals surface area contributed by atoms with Gasteiger partial charge in [-0.05, 0) is 99.9 Å². The number of amides is 2. The molecule has 0 bridgehead atoms. The molecule has 8 heterocycles. The number of piperazine rings is 1. The SMILES string of the molecule is COc1cc2c(-c3cc4cccnc4[nH]3)cn(C)c2cc1OCC(=O)N1CCCN(C)CC1.COc1cc2c(-c3cc4cccnc4[nH]3)cn(C)c2cc1OCC(=O)Nc1ccc(N2CCN(C)CC2)cc1. The maximum Gasteiger partial charge on any atom is 0.262 e.